The summed E-state index contributed by atoms with van der Waals surface area (Å²) in [6.07, 6.45) is 1.67. The predicted molar refractivity (Wildman–Crippen MR) is 134 cm³/mol. The number of anilines is 1. The molecule has 1 unspecified atom stereocenters. The topological polar surface area (TPSA) is 93.2 Å². The predicted octanol–water partition coefficient (Wildman–Crippen LogP) is 3.37. The van der Waals surface area contributed by atoms with Gasteiger partial charge in [0.15, 0.2) is 6.61 Å². The second kappa shape index (κ2) is 9.58. The minimum absolute atomic E-state index is 0.223. The van der Waals surface area contributed by atoms with E-state index in [0.717, 1.165) is 33.9 Å². The van der Waals surface area contributed by atoms with Crippen molar-refractivity contribution in [3.05, 3.63) is 71.3 Å². The van der Waals surface area contributed by atoms with Crippen LogP contribution in [0.5, 0.6) is 5.75 Å². The molecule has 1 atom stereocenters. The van der Waals surface area contributed by atoms with Crippen LogP contribution in [-0.2, 0) is 32.5 Å². The second-order valence-electron chi connectivity index (χ2n) is 8.83. The molecule has 0 bridgehead atoms. The van der Waals surface area contributed by atoms with Crippen LogP contribution in [0.1, 0.15) is 28.4 Å². The van der Waals surface area contributed by atoms with Gasteiger partial charge in [-0.05, 0) is 71.6 Å². The van der Waals surface area contributed by atoms with Crippen LogP contribution in [0, 0.1) is 0 Å². The molecule has 8 nitrogen and oxygen atoms in total. The molecule has 4 rings (SSSR count). The van der Waals surface area contributed by atoms with Crippen molar-refractivity contribution in [2.45, 2.75) is 25.9 Å². The van der Waals surface area contributed by atoms with Crippen molar-refractivity contribution in [3.63, 3.8) is 0 Å². The zero-order valence-corrected chi connectivity index (χ0v) is 21.0. The number of nitrogens with zero attached hydrogens (tertiary/aromatic N) is 2. The Labute approximate surface area is 205 Å². The first kappa shape index (κ1) is 24.5. The van der Waals surface area contributed by atoms with Crippen LogP contribution < -0.4 is 9.04 Å². The number of hydrogen-bond donors (Lipinski definition) is 0. The van der Waals surface area contributed by atoms with E-state index in [1.807, 2.05) is 43.3 Å². The van der Waals surface area contributed by atoms with Crippen LogP contribution in [0.15, 0.2) is 54.6 Å². The summed E-state index contributed by atoms with van der Waals surface area (Å²) in [5.41, 5.74) is 2.57. The molecule has 0 radical (unpaired) electrons. The molecule has 0 N–H and O–H groups in total. The molecule has 0 saturated heterocycles. The van der Waals surface area contributed by atoms with Gasteiger partial charge in [-0.3, -0.25) is 9.10 Å². The second-order valence-corrected chi connectivity index (χ2v) is 10.7. The van der Waals surface area contributed by atoms with E-state index < -0.39 is 16.0 Å². The van der Waals surface area contributed by atoms with Crippen molar-refractivity contribution in [2.75, 3.05) is 31.3 Å². The number of ether oxygens (including phenoxy) is 2. The van der Waals surface area contributed by atoms with Crippen LogP contribution >= 0.6 is 0 Å². The normalized spacial score (nSPS) is 15.1. The van der Waals surface area contributed by atoms with Gasteiger partial charge >= 0.3 is 5.97 Å². The van der Waals surface area contributed by atoms with Gasteiger partial charge in [0.25, 0.3) is 5.91 Å². The van der Waals surface area contributed by atoms with E-state index in [2.05, 4.69) is 0 Å². The molecular formula is C26H28N2O6S. The summed E-state index contributed by atoms with van der Waals surface area (Å²) in [5.74, 6) is -0.171. The van der Waals surface area contributed by atoms with E-state index in [-0.39, 0.29) is 24.1 Å². The number of methoxy groups -OCH3 is 1. The van der Waals surface area contributed by atoms with E-state index >= 15 is 0 Å². The van der Waals surface area contributed by atoms with Crippen molar-refractivity contribution in [1.29, 1.82) is 0 Å². The fraction of sp³-hybridized carbons (Fsp3) is 0.308. The number of carbonyl (C=O) groups excluding carboxylic acids is 2. The van der Waals surface area contributed by atoms with Gasteiger partial charge < -0.3 is 14.4 Å². The quantitative estimate of drug-likeness (QED) is 0.466. The Morgan fingerprint density at radius 3 is 2.49 bits per heavy atom. The highest BCUT2D eigenvalue weighted by Gasteiger charge is 2.33. The van der Waals surface area contributed by atoms with Gasteiger partial charge in [0.2, 0.25) is 10.0 Å². The molecule has 1 heterocycles. The third kappa shape index (κ3) is 5.24. The lowest BCUT2D eigenvalue weighted by Gasteiger charge is -2.21. The highest BCUT2D eigenvalue weighted by molar-refractivity contribution is 7.92. The van der Waals surface area contributed by atoms with E-state index in [4.69, 9.17) is 9.47 Å². The van der Waals surface area contributed by atoms with Crippen LogP contribution in [0.25, 0.3) is 10.8 Å². The molecule has 35 heavy (non-hydrogen) atoms. The van der Waals surface area contributed by atoms with Crippen LogP contribution in [0.2, 0.25) is 0 Å². The summed E-state index contributed by atoms with van der Waals surface area (Å²) < 4.78 is 36.0. The van der Waals surface area contributed by atoms with Gasteiger partial charge in [-0.1, -0.05) is 18.2 Å². The van der Waals surface area contributed by atoms with Gasteiger partial charge in [0.1, 0.15) is 5.75 Å². The Kier molecular flexibility index (Phi) is 6.71. The molecule has 1 amide bonds. The van der Waals surface area contributed by atoms with Crippen LogP contribution in [0.3, 0.4) is 0 Å². The van der Waals surface area contributed by atoms with E-state index in [1.54, 1.807) is 26.3 Å². The van der Waals surface area contributed by atoms with Gasteiger partial charge in [-0.2, -0.15) is 0 Å². The number of sulfonamides is 1. The zero-order chi connectivity index (χ0) is 25.3. The number of carbonyl (C=O) groups is 2. The van der Waals surface area contributed by atoms with E-state index in [9.17, 15) is 18.0 Å². The lowest BCUT2D eigenvalue weighted by Crippen LogP contribution is -2.34. The maximum atomic E-state index is 12.6. The molecule has 3 aromatic rings. The first-order valence-corrected chi connectivity index (χ1v) is 13.0. The number of amides is 1. The van der Waals surface area contributed by atoms with Gasteiger partial charge in [-0.15, -0.1) is 0 Å². The zero-order valence-electron chi connectivity index (χ0n) is 20.1. The average molecular weight is 497 g/mol. The van der Waals surface area contributed by atoms with Gasteiger partial charge in [-0.25, -0.2) is 13.2 Å². The average Bonchev–Trinajstić information content (AvgIpc) is 3.17. The van der Waals surface area contributed by atoms with Crippen molar-refractivity contribution in [2.24, 2.45) is 0 Å². The molecule has 0 saturated carbocycles. The number of fused-ring (bicyclic) bond motifs is 2. The Morgan fingerprint density at radius 2 is 1.77 bits per heavy atom. The number of hydrogen-bond acceptors (Lipinski definition) is 6. The standard InChI is InChI=1S/C26H28N2O6S/c1-17-11-22-13-21(8-10-24(22)28(17)35(4,31)32)26(30)34-16-25(29)27(2)15-18-5-6-20-14-23(33-3)9-7-19(20)12-18/h5-10,12-14,17H,11,15-16H2,1-4H3. The summed E-state index contributed by atoms with van der Waals surface area (Å²) in [4.78, 5) is 26.6. The summed E-state index contributed by atoms with van der Waals surface area (Å²) in [6, 6.07) is 16.3. The third-order valence-electron chi connectivity index (χ3n) is 6.11. The largest absolute Gasteiger partial charge is 0.497 e. The first-order valence-electron chi connectivity index (χ1n) is 11.2. The van der Waals surface area contributed by atoms with Crippen molar-refractivity contribution in [3.8, 4) is 5.75 Å². The molecular weight excluding hydrogens is 468 g/mol. The highest BCUT2D eigenvalue weighted by Crippen LogP contribution is 2.34. The fourth-order valence-electron chi connectivity index (χ4n) is 4.42. The maximum Gasteiger partial charge on any atom is 0.338 e. The molecule has 0 aliphatic carbocycles. The summed E-state index contributed by atoms with van der Waals surface area (Å²) in [7, 11) is -0.126. The Hall–Kier alpha value is -3.59. The summed E-state index contributed by atoms with van der Waals surface area (Å²) >= 11 is 0. The van der Waals surface area contributed by atoms with Gasteiger partial charge in [0.05, 0.1) is 24.6 Å². The molecule has 1 aliphatic rings. The maximum absolute atomic E-state index is 12.6. The summed E-state index contributed by atoms with van der Waals surface area (Å²) in [5, 5.41) is 2.08. The lowest BCUT2D eigenvalue weighted by molar-refractivity contribution is -0.133. The Bertz CT molecular complexity index is 1400. The van der Waals surface area contributed by atoms with Crippen molar-refractivity contribution in [1.82, 2.24) is 4.90 Å². The molecule has 0 fully saturated rings. The Balaban J connectivity index is 1.36. The number of likely N-dealkylation sites (N-methyl/N-ethyl adjacent to an activating group) is 1. The van der Waals surface area contributed by atoms with Crippen molar-refractivity contribution < 1.29 is 27.5 Å². The molecule has 0 aromatic heterocycles. The minimum Gasteiger partial charge on any atom is -0.497 e. The molecule has 1 aliphatic heterocycles. The van der Waals surface area contributed by atoms with Crippen molar-refractivity contribution >= 4 is 38.4 Å². The number of benzene rings is 3. The highest BCUT2D eigenvalue weighted by atomic mass is 32.2. The molecule has 9 heteroatoms. The molecule has 3 aromatic carbocycles. The van der Waals surface area contributed by atoms with Gasteiger partial charge in [0, 0.05) is 19.6 Å². The van der Waals surface area contributed by atoms with E-state index in [0.29, 0.717) is 18.7 Å². The smallest absolute Gasteiger partial charge is 0.338 e. The first-order chi connectivity index (χ1) is 16.6. The minimum atomic E-state index is -3.41. The third-order valence-corrected chi connectivity index (χ3v) is 7.38. The summed E-state index contributed by atoms with van der Waals surface area (Å²) in [6.45, 7) is 1.80. The van der Waals surface area contributed by atoms with E-state index in [1.165, 1.54) is 15.3 Å². The number of esters is 1. The Morgan fingerprint density at radius 1 is 1.06 bits per heavy atom. The number of rotatable bonds is 7. The monoisotopic (exact) mass is 496 g/mol. The lowest BCUT2D eigenvalue weighted by atomic mass is 10.1. The SMILES string of the molecule is COc1ccc2cc(CN(C)C(=O)COC(=O)c3ccc4c(c3)CC(C)N4S(C)(=O)=O)ccc2c1. The fourth-order valence-corrected chi connectivity index (χ4v) is 5.68. The van der Waals surface area contributed by atoms with Crippen LogP contribution in [-0.4, -0.2) is 58.3 Å². The van der Waals surface area contributed by atoms with Crippen LogP contribution in [0.4, 0.5) is 5.69 Å². The molecule has 184 valence electrons. The molecule has 0 spiro atoms.